The summed E-state index contributed by atoms with van der Waals surface area (Å²) in [5, 5.41) is 8.76. The second-order valence-electron chi connectivity index (χ2n) is 3.34. The topological polar surface area (TPSA) is 63.3 Å². The first kappa shape index (κ1) is 12.1. The van der Waals surface area contributed by atoms with Crippen LogP contribution in [0.15, 0.2) is 10.5 Å². The molecule has 0 radical (unpaired) electrons. The minimum Gasteiger partial charge on any atom is -0.480 e. The van der Waals surface area contributed by atoms with Gasteiger partial charge in [0.15, 0.2) is 0 Å². The third-order valence-corrected chi connectivity index (χ3v) is 3.09. The standard InChI is InChI=1S/C10H11BrFNO2/c1-4-3-6(11)5(2)7(8(4)12)9(13)10(14)15/h3,9H,13H2,1-2H3,(H,14,15). The predicted molar refractivity (Wildman–Crippen MR) is 58.1 cm³/mol. The molecule has 0 saturated carbocycles. The molecule has 0 heterocycles. The predicted octanol–water partition coefficient (Wildman–Crippen LogP) is 2.29. The van der Waals surface area contributed by atoms with Crippen molar-refractivity contribution in [2.45, 2.75) is 19.9 Å². The molecule has 82 valence electrons. The molecule has 0 amide bonds. The van der Waals surface area contributed by atoms with Crippen molar-refractivity contribution in [3.63, 3.8) is 0 Å². The minimum atomic E-state index is -1.33. The number of benzene rings is 1. The molecule has 0 fully saturated rings. The van der Waals surface area contributed by atoms with Crippen molar-refractivity contribution in [1.29, 1.82) is 0 Å². The van der Waals surface area contributed by atoms with Gasteiger partial charge in [-0.25, -0.2) is 4.39 Å². The van der Waals surface area contributed by atoms with Crippen molar-refractivity contribution < 1.29 is 14.3 Å². The number of hydrogen-bond acceptors (Lipinski definition) is 2. The Morgan fingerprint density at radius 2 is 2.13 bits per heavy atom. The summed E-state index contributed by atoms with van der Waals surface area (Å²) in [5.74, 6) is -1.79. The molecule has 0 bridgehead atoms. The maximum atomic E-state index is 13.7. The molecule has 0 aliphatic heterocycles. The van der Waals surface area contributed by atoms with E-state index in [0.29, 0.717) is 15.6 Å². The molecule has 3 nitrogen and oxygen atoms in total. The second-order valence-corrected chi connectivity index (χ2v) is 4.20. The van der Waals surface area contributed by atoms with Crippen LogP contribution in [0.2, 0.25) is 0 Å². The zero-order valence-electron chi connectivity index (χ0n) is 8.34. The molecule has 5 heteroatoms. The van der Waals surface area contributed by atoms with Crippen LogP contribution in [0.3, 0.4) is 0 Å². The summed E-state index contributed by atoms with van der Waals surface area (Å²) >= 11 is 3.23. The lowest BCUT2D eigenvalue weighted by atomic mass is 9.98. The van der Waals surface area contributed by atoms with Crippen LogP contribution >= 0.6 is 15.9 Å². The highest BCUT2D eigenvalue weighted by Crippen LogP contribution is 2.29. The summed E-state index contributed by atoms with van der Waals surface area (Å²) in [6.45, 7) is 3.20. The molecule has 0 spiro atoms. The molecule has 1 aromatic carbocycles. The first-order valence-electron chi connectivity index (χ1n) is 4.29. The molecule has 1 atom stereocenters. The highest BCUT2D eigenvalue weighted by Gasteiger charge is 2.23. The lowest BCUT2D eigenvalue weighted by molar-refractivity contribution is -0.138. The van der Waals surface area contributed by atoms with Crippen LogP contribution < -0.4 is 5.73 Å². The molecule has 0 aliphatic rings. The van der Waals surface area contributed by atoms with Gasteiger partial charge in [-0.2, -0.15) is 0 Å². The lowest BCUT2D eigenvalue weighted by Gasteiger charge is -2.14. The molecule has 3 N–H and O–H groups in total. The van der Waals surface area contributed by atoms with Crippen molar-refractivity contribution in [2.24, 2.45) is 5.73 Å². The van der Waals surface area contributed by atoms with Crippen LogP contribution in [0.25, 0.3) is 0 Å². The summed E-state index contributed by atoms with van der Waals surface area (Å²) in [6, 6.07) is 0.268. The average molecular weight is 276 g/mol. The summed E-state index contributed by atoms with van der Waals surface area (Å²) < 4.78 is 14.3. The molecule has 0 aliphatic carbocycles. The van der Waals surface area contributed by atoms with Gasteiger partial charge in [-0.3, -0.25) is 4.79 Å². The van der Waals surface area contributed by atoms with Crippen LogP contribution in [0.5, 0.6) is 0 Å². The van der Waals surface area contributed by atoms with E-state index >= 15 is 0 Å². The summed E-state index contributed by atoms with van der Waals surface area (Å²) in [6.07, 6.45) is 0. The van der Waals surface area contributed by atoms with E-state index in [1.807, 2.05) is 0 Å². The number of aliphatic carboxylic acids is 1. The van der Waals surface area contributed by atoms with Gasteiger partial charge in [0.1, 0.15) is 11.9 Å². The third-order valence-electron chi connectivity index (χ3n) is 2.27. The Labute approximate surface area is 95.2 Å². The normalized spacial score (nSPS) is 12.6. The highest BCUT2D eigenvalue weighted by molar-refractivity contribution is 9.10. The van der Waals surface area contributed by atoms with Gasteiger partial charge in [-0.15, -0.1) is 0 Å². The number of hydrogen-bond donors (Lipinski definition) is 2. The molecule has 0 saturated heterocycles. The Balaban J connectivity index is 3.45. The smallest absolute Gasteiger partial charge is 0.325 e. The van der Waals surface area contributed by atoms with Crippen LogP contribution in [0, 0.1) is 19.7 Å². The molecule has 0 aromatic heterocycles. The minimum absolute atomic E-state index is 0.0365. The second kappa shape index (κ2) is 4.28. The number of carbonyl (C=O) groups is 1. The monoisotopic (exact) mass is 275 g/mol. The van der Waals surface area contributed by atoms with E-state index in [1.165, 1.54) is 0 Å². The average Bonchev–Trinajstić information content (AvgIpc) is 2.15. The number of carboxylic acids is 1. The highest BCUT2D eigenvalue weighted by atomic mass is 79.9. The van der Waals surface area contributed by atoms with Gasteiger partial charge in [-0.1, -0.05) is 15.9 Å². The van der Waals surface area contributed by atoms with E-state index in [9.17, 15) is 9.18 Å². The third kappa shape index (κ3) is 2.18. The molecule has 1 unspecified atom stereocenters. The molecule has 1 aromatic rings. The van der Waals surface area contributed by atoms with E-state index in [1.54, 1.807) is 19.9 Å². The quantitative estimate of drug-likeness (QED) is 0.871. The van der Waals surface area contributed by atoms with Crippen LogP contribution in [-0.2, 0) is 4.79 Å². The summed E-state index contributed by atoms with van der Waals surface area (Å²) in [5.41, 5.74) is 6.35. The molecule has 15 heavy (non-hydrogen) atoms. The van der Waals surface area contributed by atoms with E-state index in [2.05, 4.69) is 15.9 Å². The molecule has 1 rings (SSSR count). The van der Waals surface area contributed by atoms with Crippen molar-refractivity contribution in [3.8, 4) is 0 Å². The van der Waals surface area contributed by atoms with Gasteiger partial charge in [0.05, 0.1) is 0 Å². The van der Waals surface area contributed by atoms with Gasteiger partial charge in [0, 0.05) is 10.0 Å². The van der Waals surface area contributed by atoms with Crippen molar-refractivity contribution in [2.75, 3.05) is 0 Å². The van der Waals surface area contributed by atoms with Crippen molar-refractivity contribution >= 4 is 21.9 Å². The van der Waals surface area contributed by atoms with Gasteiger partial charge in [-0.05, 0) is 31.0 Å². The summed E-state index contributed by atoms with van der Waals surface area (Å²) in [4.78, 5) is 10.7. The van der Waals surface area contributed by atoms with E-state index in [-0.39, 0.29) is 5.56 Å². The van der Waals surface area contributed by atoms with Gasteiger partial charge in [0.25, 0.3) is 0 Å². The van der Waals surface area contributed by atoms with E-state index in [0.717, 1.165) is 0 Å². The fourth-order valence-corrected chi connectivity index (χ4v) is 1.92. The van der Waals surface area contributed by atoms with Gasteiger partial charge < -0.3 is 10.8 Å². The number of rotatable bonds is 2. The van der Waals surface area contributed by atoms with Crippen LogP contribution in [0.4, 0.5) is 4.39 Å². The van der Waals surface area contributed by atoms with E-state index < -0.39 is 17.8 Å². The number of aryl methyl sites for hydroxylation is 1. The van der Waals surface area contributed by atoms with Gasteiger partial charge >= 0.3 is 5.97 Å². The number of halogens is 2. The van der Waals surface area contributed by atoms with E-state index in [4.69, 9.17) is 10.8 Å². The number of carboxylic acid groups (broad SMARTS) is 1. The number of nitrogens with two attached hydrogens (primary N) is 1. The maximum Gasteiger partial charge on any atom is 0.325 e. The summed E-state index contributed by atoms with van der Waals surface area (Å²) in [7, 11) is 0. The van der Waals surface area contributed by atoms with Crippen molar-refractivity contribution in [3.05, 3.63) is 33.0 Å². The first-order valence-corrected chi connectivity index (χ1v) is 5.09. The Morgan fingerprint density at radius 1 is 1.60 bits per heavy atom. The Bertz CT molecular complexity index is 394. The fourth-order valence-electron chi connectivity index (χ4n) is 1.36. The molecular formula is C10H11BrFNO2. The molecular weight excluding hydrogens is 265 g/mol. The SMILES string of the molecule is Cc1cc(Br)c(C)c(C(N)C(=O)O)c1F. The first-order chi connectivity index (χ1) is 6.86. The maximum absolute atomic E-state index is 13.7. The van der Waals surface area contributed by atoms with Crippen LogP contribution in [0.1, 0.15) is 22.7 Å². The zero-order valence-corrected chi connectivity index (χ0v) is 9.93. The largest absolute Gasteiger partial charge is 0.480 e. The Hall–Kier alpha value is -0.940. The van der Waals surface area contributed by atoms with Crippen LogP contribution in [-0.4, -0.2) is 11.1 Å². The fraction of sp³-hybridized carbons (Fsp3) is 0.300. The zero-order chi connectivity index (χ0) is 11.7. The Morgan fingerprint density at radius 3 is 2.60 bits per heavy atom. The van der Waals surface area contributed by atoms with Gasteiger partial charge in [0.2, 0.25) is 0 Å². The Kier molecular flexibility index (Phi) is 3.46. The lowest BCUT2D eigenvalue weighted by Crippen LogP contribution is -2.23. The van der Waals surface area contributed by atoms with Crippen molar-refractivity contribution in [1.82, 2.24) is 0 Å².